The first kappa shape index (κ1) is 8.80. The Balaban J connectivity index is 2.97. The van der Waals surface area contributed by atoms with Gasteiger partial charge in [0.25, 0.3) is 0 Å². The molecule has 0 aliphatic carbocycles. The minimum absolute atomic E-state index is 0.0589. The molecule has 0 aliphatic heterocycles. The number of aryl methyl sites for hydroxylation is 2. The number of imidazole rings is 1. The lowest BCUT2D eigenvalue weighted by Gasteiger charge is -1.98. The van der Waals surface area contributed by atoms with E-state index in [1.165, 1.54) is 9.13 Å². The highest BCUT2D eigenvalue weighted by molar-refractivity contribution is 14.1. The Labute approximate surface area is 88.9 Å². The van der Waals surface area contributed by atoms with Gasteiger partial charge in [-0.25, -0.2) is 4.79 Å². The maximum Gasteiger partial charge on any atom is 0.326 e. The number of hydrogen-bond donors (Lipinski definition) is 1. The van der Waals surface area contributed by atoms with Crippen LogP contribution in [0.5, 0.6) is 0 Å². The zero-order valence-electron chi connectivity index (χ0n) is 7.39. The van der Waals surface area contributed by atoms with E-state index >= 15 is 0 Å². The fourth-order valence-corrected chi connectivity index (χ4v) is 1.82. The topological polar surface area (TPSA) is 37.8 Å². The van der Waals surface area contributed by atoms with Gasteiger partial charge in [0, 0.05) is 10.6 Å². The molecular formula is C9H9IN2O. The smallest absolute Gasteiger partial charge is 0.306 e. The molecule has 2 rings (SSSR count). The molecule has 1 heterocycles. The van der Waals surface area contributed by atoms with Gasteiger partial charge in [0.05, 0.1) is 11.0 Å². The lowest BCUT2D eigenvalue weighted by Crippen LogP contribution is -2.11. The molecule has 68 valence electrons. The molecule has 1 aromatic heterocycles. The standard InChI is InChI=1S/C9H9IN2O/c1-5-3-8-7(4-6(5)10)11-9(13)12(8)2/h3-4H,1-2H3,(H,11,13). The quantitative estimate of drug-likeness (QED) is 0.737. The molecule has 0 aliphatic rings. The summed E-state index contributed by atoms with van der Waals surface area (Å²) in [5.74, 6) is 0. The van der Waals surface area contributed by atoms with E-state index in [1.807, 2.05) is 19.1 Å². The zero-order chi connectivity index (χ0) is 9.59. The minimum atomic E-state index is -0.0589. The van der Waals surface area contributed by atoms with Crippen LogP contribution in [0, 0.1) is 10.5 Å². The van der Waals surface area contributed by atoms with E-state index in [4.69, 9.17) is 0 Å². The van der Waals surface area contributed by atoms with Crippen LogP contribution in [0.1, 0.15) is 5.56 Å². The largest absolute Gasteiger partial charge is 0.326 e. The van der Waals surface area contributed by atoms with Gasteiger partial charge >= 0.3 is 5.69 Å². The van der Waals surface area contributed by atoms with Gasteiger partial charge in [-0.2, -0.15) is 0 Å². The number of nitrogens with one attached hydrogen (secondary N) is 1. The molecule has 0 radical (unpaired) electrons. The Kier molecular flexibility index (Phi) is 1.94. The molecule has 1 N–H and O–H groups in total. The van der Waals surface area contributed by atoms with Crippen molar-refractivity contribution >= 4 is 33.6 Å². The summed E-state index contributed by atoms with van der Waals surface area (Å²) in [5.41, 5.74) is 3.00. The maximum atomic E-state index is 11.3. The van der Waals surface area contributed by atoms with E-state index in [1.54, 1.807) is 11.6 Å². The van der Waals surface area contributed by atoms with Crippen LogP contribution in [-0.2, 0) is 7.05 Å². The summed E-state index contributed by atoms with van der Waals surface area (Å²) in [6.45, 7) is 2.04. The summed E-state index contributed by atoms with van der Waals surface area (Å²) >= 11 is 2.26. The first-order chi connectivity index (χ1) is 6.09. The van der Waals surface area contributed by atoms with Crippen molar-refractivity contribution in [1.82, 2.24) is 9.55 Å². The lowest BCUT2D eigenvalue weighted by molar-refractivity contribution is 0.891. The van der Waals surface area contributed by atoms with Gasteiger partial charge in [0.2, 0.25) is 0 Å². The SMILES string of the molecule is Cc1cc2c(cc1I)[nH]c(=O)n2C. The van der Waals surface area contributed by atoms with Gasteiger partial charge in [-0.3, -0.25) is 4.57 Å². The Morgan fingerprint density at radius 2 is 2.15 bits per heavy atom. The first-order valence-electron chi connectivity index (χ1n) is 3.94. The van der Waals surface area contributed by atoms with Crippen LogP contribution in [0.3, 0.4) is 0 Å². The zero-order valence-corrected chi connectivity index (χ0v) is 9.55. The van der Waals surface area contributed by atoms with Crippen LogP contribution in [0.2, 0.25) is 0 Å². The predicted molar refractivity (Wildman–Crippen MR) is 61.0 cm³/mol. The van der Waals surface area contributed by atoms with Crippen LogP contribution in [0.25, 0.3) is 11.0 Å². The average Bonchev–Trinajstić information content (AvgIpc) is 2.32. The highest BCUT2D eigenvalue weighted by atomic mass is 127. The fourth-order valence-electron chi connectivity index (χ4n) is 1.35. The van der Waals surface area contributed by atoms with Crippen molar-refractivity contribution in [3.05, 3.63) is 31.8 Å². The van der Waals surface area contributed by atoms with Crippen LogP contribution >= 0.6 is 22.6 Å². The van der Waals surface area contributed by atoms with Crippen molar-refractivity contribution < 1.29 is 0 Å². The van der Waals surface area contributed by atoms with Gasteiger partial charge in [-0.1, -0.05) is 0 Å². The number of nitrogens with zero attached hydrogens (tertiary/aromatic N) is 1. The first-order valence-corrected chi connectivity index (χ1v) is 5.02. The molecule has 0 amide bonds. The second-order valence-corrected chi connectivity index (χ2v) is 4.27. The van der Waals surface area contributed by atoms with Crippen LogP contribution in [-0.4, -0.2) is 9.55 Å². The van der Waals surface area contributed by atoms with Crippen molar-refractivity contribution in [2.75, 3.05) is 0 Å². The Morgan fingerprint density at radius 3 is 2.85 bits per heavy atom. The highest BCUT2D eigenvalue weighted by Crippen LogP contribution is 2.17. The second kappa shape index (κ2) is 2.87. The van der Waals surface area contributed by atoms with Crippen LogP contribution in [0.15, 0.2) is 16.9 Å². The maximum absolute atomic E-state index is 11.3. The Morgan fingerprint density at radius 1 is 1.46 bits per heavy atom. The molecule has 0 atom stereocenters. The molecule has 0 fully saturated rings. The summed E-state index contributed by atoms with van der Waals surface area (Å²) in [7, 11) is 1.77. The van der Waals surface area contributed by atoms with E-state index in [-0.39, 0.29) is 5.69 Å². The number of fused-ring (bicyclic) bond motifs is 1. The molecule has 0 saturated carbocycles. The molecule has 0 saturated heterocycles. The molecule has 1 aromatic carbocycles. The van der Waals surface area contributed by atoms with E-state index in [0.29, 0.717) is 0 Å². The third-order valence-corrected chi connectivity index (χ3v) is 3.35. The van der Waals surface area contributed by atoms with E-state index in [2.05, 4.69) is 27.6 Å². The van der Waals surface area contributed by atoms with E-state index < -0.39 is 0 Å². The normalized spacial score (nSPS) is 11.0. The lowest BCUT2D eigenvalue weighted by atomic mass is 10.2. The van der Waals surface area contributed by atoms with Crippen molar-refractivity contribution in [2.24, 2.45) is 7.05 Å². The third kappa shape index (κ3) is 1.29. The van der Waals surface area contributed by atoms with Gasteiger partial charge in [0.15, 0.2) is 0 Å². The average molecular weight is 288 g/mol. The number of aromatic amines is 1. The monoisotopic (exact) mass is 288 g/mol. The third-order valence-electron chi connectivity index (χ3n) is 2.18. The highest BCUT2D eigenvalue weighted by Gasteiger charge is 2.04. The molecular weight excluding hydrogens is 279 g/mol. The molecule has 13 heavy (non-hydrogen) atoms. The number of H-pyrrole nitrogens is 1. The van der Waals surface area contributed by atoms with Crippen molar-refractivity contribution in [3.8, 4) is 0 Å². The van der Waals surface area contributed by atoms with Crippen molar-refractivity contribution in [3.63, 3.8) is 0 Å². The fraction of sp³-hybridized carbons (Fsp3) is 0.222. The molecule has 0 unspecified atom stereocenters. The van der Waals surface area contributed by atoms with Gasteiger partial charge < -0.3 is 4.98 Å². The Hall–Kier alpha value is -0.780. The van der Waals surface area contributed by atoms with Gasteiger partial charge in [0.1, 0.15) is 0 Å². The molecule has 2 aromatic rings. The van der Waals surface area contributed by atoms with Crippen molar-refractivity contribution in [1.29, 1.82) is 0 Å². The van der Waals surface area contributed by atoms with E-state index in [9.17, 15) is 4.79 Å². The molecule has 0 bridgehead atoms. The van der Waals surface area contributed by atoms with Crippen LogP contribution < -0.4 is 5.69 Å². The summed E-state index contributed by atoms with van der Waals surface area (Å²) < 4.78 is 2.80. The summed E-state index contributed by atoms with van der Waals surface area (Å²) in [4.78, 5) is 14.1. The molecule has 3 nitrogen and oxygen atoms in total. The van der Waals surface area contributed by atoms with E-state index in [0.717, 1.165) is 11.0 Å². The molecule has 0 spiro atoms. The number of aromatic nitrogens is 2. The van der Waals surface area contributed by atoms with Gasteiger partial charge in [-0.15, -0.1) is 0 Å². The molecule has 4 heteroatoms. The summed E-state index contributed by atoms with van der Waals surface area (Å²) in [6, 6.07) is 4.02. The predicted octanol–water partition coefficient (Wildman–Crippen LogP) is 1.78. The van der Waals surface area contributed by atoms with Crippen molar-refractivity contribution in [2.45, 2.75) is 6.92 Å². The number of rotatable bonds is 0. The van der Waals surface area contributed by atoms with Crippen LogP contribution in [0.4, 0.5) is 0 Å². The summed E-state index contributed by atoms with van der Waals surface area (Å²) in [5, 5.41) is 0. The summed E-state index contributed by atoms with van der Waals surface area (Å²) in [6.07, 6.45) is 0. The number of halogens is 1. The number of hydrogen-bond acceptors (Lipinski definition) is 1. The van der Waals surface area contributed by atoms with Gasteiger partial charge in [-0.05, 0) is 47.2 Å². The minimum Gasteiger partial charge on any atom is -0.306 e. The number of benzene rings is 1. The second-order valence-electron chi connectivity index (χ2n) is 3.11. The Bertz CT molecular complexity index is 524.